The zero-order valence-corrected chi connectivity index (χ0v) is 20.3. The summed E-state index contributed by atoms with van der Waals surface area (Å²) in [7, 11) is 0. The first-order valence-electron chi connectivity index (χ1n) is 12.7. The zero-order chi connectivity index (χ0) is 24.8. The SMILES string of the molecule is Cc1cc(-c2n[nH]c3c2CN(C(=O)N[C@@H]2CC[C@H]4CC[C@@H]2N4Cc2c(F)cccc2F)CC3)ccn1. The van der Waals surface area contributed by atoms with Crippen molar-refractivity contribution in [1.29, 1.82) is 0 Å². The standard InChI is InChI=1S/C27H30F2N6O/c1-16-13-17(9-11-30-16)26-20-14-34(12-10-23(20)32-33-26)27(36)31-24-7-5-18-6-8-25(24)35(18)15-19-21(28)3-2-4-22(19)29/h2-4,9,11,13,18,24-25H,5-8,10,12,14-15H2,1H3,(H,31,36)(H,32,33)/t18-,24+,25-/m0/s1. The number of urea groups is 1. The molecule has 2 fully saturated rings. The predicted molar refractivity (Wildman–Crippen MR) is 131 cm³/mol. The number of amides is 2. The number of nitrogens with zero attached hydrogens (tertiary/aromatic N) is 4. The molecule has 9 heteroatoms. The molecule has 36 heavy (non-hydrogen) atoms. The highest BCUT2D eigenvalue weighted by Gasteiger charge is 2.43. The molecule has 2 amide bonds. The number of benzene rings is 1. The lowest BCUT2D eigenvalue weighted by Crippen LogP contribution is -2.56. The van der Waals surface area contributed by atoms with Gasteiger partial charge < -0.3 is 10.2 Å². The van der Waals surface area contributed by atoms with E-state index in [9.17, 15) is 13.6 Å². The monoisotopic (exact) mass is 492 g/mol. The molecule has 3 aliphatic heterocycles. The van der Waals surface area contributed by atoms with Crippen molar-refractivity contribution in [1.82, 2.24) is 30.3 Å². The summed E-state index contributed by atoms with van der Waals surface area (Å²) >= 11 is 0. The minimum atomic E-state index is -0.509. The Hall–Kier alpha value is -3.33. The number of pyridine rings is 1. The first-order chi connectivity index (χ1) is 17.5. The molecule has 0 saturated carbocycles. The van der Waals surface area contributed by atoms with E-state index < -0.39 is 11.6 Å². The summed E-state index contributed by atoms with van der Waals surface area (Å²) in [4.78, 5) is 21.7. The van der Waals surface area contributed by atoms with Crippen molar-refractivity contribution in [2.75, 3.05) is 6.54 Å². The van der Waals surface area contributed by atoms with Gasteiger partial charge in [-0.25, -0.2) is 13.6 Å². The van der Waals surface area contributed by atoms with Crippen LogP contribution in [0.5, 0.6) is 0 Å². The predicted octanol–water partition coefficient (Wildman–Crippen LogP) is 4.32. The molecule has 0 radical (unpaired) electrons. The lowest BCUT2D eigenvalue weighted by Gasteiger charge is -2.41. The summed E-state index contributed by atoms with van der Waals surface area (Å²) in [6, 6.07) is 8.21. The summed E-state index contributed by atoms with van der Waals surface area (Å²) in [5, 5.41) is 11.0. The quantitative estimate of drug-likeness (QED) is 0.569. The summed E-state index contributed by atoms with van der Waals surface area (Å²) in [5.41, 5.74) is 5.00. The van der Waals surface area contributed by atoms with Crippen molar-refractivity contribution in [3.05, 3.63) is 70.7 Å². The second-order valence-electron chi connectivity index (χ2n) is 10.2. The molecule has 3 aliphatic rings. The van der Waals surface area contributed by atoms with Crippen LogP contribution in [0.2, 0.25) is 0 Å². The molecule has 3 atom stereocenters. The fourth-order valence-corrected chi connectivity index (χ4v) is 6.20. The van der Waals surface area contributed by atoms with E-state index in [4.69, 9.17) is 0 Å². The number of carbonyl (C=O) groups is 1. The van der Waals surface area contributed by atoms with Crippen molar-refractivity contribution in [3.63, 3.8) is 0 Å². The van der Waals surface area contributed by atoms with Gasteiger partial charge in [0.2, 0.25) is 0 Å². The van der Waals surface area contributed by atoms with Crippen LogP contribution in [-0.2, 0) is 19.5 Å². The van der Waals surface area contributed by atoms with Gasteiger partial charge in [0.05, 0.1) is 12.2 Å². The number of nitrogens with one attached hydrogen (secondary N) is 2. The van der Waals surface area contributed by atoms with Crippen molar-refractivity contribution in [2.45, 2.75) is 70.2 Å². The Kier molecular flexibility index (Phi) is 5.95. The van der Waals surface area contributed by atoms with E-state index in [0.717, 1.165) is 53.9 Å². The van der Waals surface area contributed by atoms with Crippen LogP contribution in [-0.4, -0.2) is 55.7 Å². The van der Waals surface area contributed by atoms with Crippen molar-refractivity contribution in [2.24, 2.45) is 0 Å². The highest BCUT2D eigenvalue weighted by molar-refractivity contribution is 5.76. The summed E-state index contributed by atoms with van der Waals surface area (Å²) in [6.07, 6.45) is 6.19. The fraction of sp³-hybridized carbons (Fsp3) is 0.444. The van der Waals surface area contributed by atoms with Gasteiger partial charge in [-0.2, -0.15) is 5.10 Å². The molecule has 0 unspecified atom stereocenters. The Morgan fingerprint density at radius 2 is 1.97 bits per heavy atom. The molecule has 7 nitrogen and oxygen atoms in total. The number of halogens is 2. The molecule has 5 heterocycles. The number of rotatable bonds is 4. The smallest absolute Gasteiger partial charge is 0.317 e. The van der Waals surface area contributed by atoms with Crippen LogP contribution in [0.15, 0.2) is 36.5 Å². The molecule has 6 rings (SSSR count). The van der Waals surface area contributed by atoms with Crippen molar-refractivity contribution < 1.29 is 13.6 Å². The average molecular weight is 493 g/mol. The van der Waals surface area contributed by atoms with Gasteiger partial charge in [-0.15, -0.1) is 0 Å². The van der Waals surface area contributed by atoms with Crippen LogP contribution >= 0.6 is 0 Å². The Labute approximate surface area is 208 Å². The van der Waals surface area contributed by atoms with Crippen LogP contribution in [0.1, 0.15) is 48.2 Å². The maximum Gasteiger partial charge on any atom is 0.317 e. The highest BCUT2D eigenvalue weighted by Crippen LogP contribution is 2.38. The molecule has 2 bridgehead atoms. The molecule has 0 aliphatic carbocycles. The van der Waals surface area contributed by atoms with Gasteiger partial charge >= 0.3 is 6.03 Å². The van der Waals surface area contributed by atoms with Gasteiger partial charge in [-0.1, -0.05) is 6.07 Å². The van der Waals surface area contributed by atoms with E-state index in [-0.39, 0.29) is 30.2 Å². The topological polar surface area (TPSA) is 77.2 Å². The van der Waals surface area contributed by atoms with Crippen LogP contribution in [0.25, 0.3) is 11.3 Å². The number of hydrogen-bond donors (Lipinski definition) is 2. The molecule has 2 aromatic heterocycles. The number of H-pyrrole nitrogens is 1. The van der Waals surface area contributed by atoms with E-state index in [1.54, 1.807) is 6.20 Å². The Morgan fingerprint density at radius 1 is 1.17 bits per heavy atom. The maximum absolute atomic E-state index is 14.3. The molecule has 1 aromatic carbocycles. The first-order valence-corrected chi connectivity index (χ1v) is 12.7. The average Bonchev–Trinajstić information content (AvgIpc) is 3.41. The van der Waals surface area contributed by atoms with Gasteiger partial charge in [-0.05, 0) is 56.9 Å². The van der Waals surface area contributed by atoms with Crippen molar-refractivity contribution >= 4 is 6.03 Å². The number of aromatic nitrogens is 3. The molecular formula is C27H30F2N6O. The van der Waals surface area contributed by atoms with Gasteiger partial charge in [0, 0.05) is 71.9 Å². The van der Waals surface area contributed by atoms with E-state index >= 15 is 0 Å². The van der Waals surface area contributed by atoms with Crippen molar-refractivity contribution in [3.8, 4) is 11.3 Å². The Morgan fingerprint density at radius 3 is 2.78 bits per heavy atom. The molecule has 3 aromatic rings. The van der Waals surface area contributed by atoms with Gasteiger partial charge in [0.15, 0.2) is 0 Å². The van der Waals surface area contributed by atoms with E-state index in [1.807, 2.05) is 24.0 Å². The summed E-state index contributed by atoms with van der Waals surface area (Å²) in [6.45, 7) is 3.28. The molecule has 2 saturated heterocycles. The minimum absolute atomic E-state index is 0.0425. The second kappa shape index (κ2) is 9.28. The number of hydrogen-bond acceptors (Lipinski definition) is 4. The lowest BCUT2D eigenvalue weighted by atomic mass is 9.96. The third-order valence-corrected chi connectivity index (χ3v) is 8.07. The molecule has 2 N–H and O–H groups in total. The molecular weight excluding hydrogens is 462 g/mol. The number of aryl methyl sites for hydroxylation is 1. The van der Waals surface area contributed by atoms with Gasteiger partial charge in [-0.3, -0.25) is 15.0 Å². The van der Waals surface area contributed by atoms with Crippen LogP contribution < -0.4 is 5.32 Å². The normalized spacial score (nSPS) is 23.5. The van der Waals surface area contributed by atoms with E-state index in [0.29, 0.717) is 25.6 Å². The first kappa shape index (κ1) is 23.1. The second-order valence-corrected chi connectivity index (χ2v) is 10.2. The summed E-state index contributed by atoms with van der Waals surface area (Å²) in [5.74, 6) is -1.02. The number of carbonyl (C=O) groups excluding carboxylic acids is 1. The number of aromatic amines is 1. The van der Waals surface area contributed by atoms with Crippen LogP contribution in [0.4, 0.5) is 13.6 Å². The third kappa shape index (κ3) is 4.15. The Balaban J connectivity index is 1.16. The number of fused-ring (bicyclic) bond motifs is 3. The van der Waals surface area contributed by atoms with Crippen LogP contribution in [0, 0.1) is 18.6 Å². The lowest BCUT2D eigenvalue weighted by molar-refractivity contribution is 0.0962. The van der Waals surface area contributed by atoms with Crippen LogP contribution in [0.3, 0.4) is 0 Å². The number of piperidine rings is 1. The fourth-order valence-electron chi connectivity index (χ4n) is 6.20. The molecule has 0 spiro atoms. The maximum atomic E-state index is 14.3. The summed E-state index contributed by atoms with van der Waals surface area (Å²) < 4.78 is 28.7. The zero-order valence-electron chi connectivity index (χ0n) is 20.3. The largest absolute Gasteiger partial charge is 0.334 e. The molecule has 188 valence electrons. The third-order valence-electron chi connectivity index (χ3n) is 8.07. The van der Waals surface area contributed by atoms with Gasteiger partial charge in [0.1, 0.15) is 11.6 Å². The van der Waals surface area contributed by atoms with Gasteiger partial charge in [0.25, 0.3) is 0 Å². The highest BCUT2D eigenvalue weighted by atomic mass is 19.1. The van der Waals surface area contributed by atoms with E-state index in [1.165, 1.54) is 18.2 Å². The minimum Gasteiger partial charge on any atom is -0.334 e. The van der Waals surface area contributed by atoms with E-state index in [2.05, 4.69) is 25.4 Å². The Bertz CT molecular complexity index is 1270.